The summed E-state index contributed by atoms with van der Waals surface area (Å²) >= 11 is 0. The van der Waals surface area contributed by atoms with Crippen LogP contribution >= 0.6 is 0 Å². The Morgan fingerprint density at radius 1 is 1.43 bits per heavy atom. The number of halogens is 1. The molecule has 14 heavy (non-hydrogen) atoms. The van der Waals surface area contributed by atoms with E-state index < -0.39 is 17.3 Å². The van der Waals surface area contributed by atoms with Gasteiger partial charge in [0.15, 0.2) is 17.3 Å². The molecule has 0 saturated carbocycles. The van der Waals surface area contributed by atoms with Gasteiger partial charge >= 0.3 is 0 Å². The van der Waals surface area contributed by atoms with Gasteiger partial charge in [0.25, 0.3) is 0 Å². The van der Waals surface area contributed by atoms with Gasteiger partial charge in [-0.1, -0.05) is 0 Å². The molecule has 0 aliphatic carbocycles. The molecule has 1 atom stereocenters. The minimum Gasteiger partial charge on any atom is -0.504 e. The van der Waals surface area contributed by atoms with E-state index in [0.29, 0.717) is 17.5 Å². The molecule has 4 heteroatoms. The molecule has 78 valence electrons. The zero-order valence-corrected chi connectivity index (χ0v) is 8.21. The minimum absolute atomic E-state index is 0.187. The van der Waals surface area contributed by atoms with Crippen LogP contribution in [0.25, 0.3) is 0 Å². The molecule has 0 spiro atoms. The molecule has 0 aliphatic rings. The first-order chi connectivity index (χ1) is 6.43. The first kappa shape index (κ1) is 10.8. The maximum Gasteiger partial charge on any atom is 0.194 e. The lowest BCUT2D eigenvalue weighted by molar-refractivity contribution is 0.373. The van der Waals surface area contributed by atoms with Gasteiger partial charge < -0.3 is 15.9 Å². The molecule has 1 aromatic rings. The average Bonchev–Trinajstić information content (AvgIpc) is 2.10. The molecule has 0 fully saturated rings. The number of hydrogen-bond donors (Lipinski definition) is 3. The van der Waals surface area contributed by atoms with E-state index in [-0.39, 0.29) is 6.04 Å². The molecule has 1 aromatic carbocycles. The van der Waals surface area contributed by atoms with Crippen LogP contribution in [0.2, 0.25) is 0 Å². The molecule has 4 N–H and O–H groups in total. The molecule has 0 bridgehead atoms. The zero-order valence-electron chi connectivity index (χ0n) is 8.21. The largest absolute Gasteiger partial charge is 0.504 e. The van der Waals surface area contributed by atoms with Crippen molar-refractivity contribution in [3.05, 3.63) is 23.0 Å². The van der Waals surface area contributed by atoms with Crippen LogP contribution in [0.4, 0.5) is 4.39 Å². The molecule has 0 aliphatic heterocycles. The molecule has 1 rings (SSSR count). The fraction of sp³-hybridized carbons (Fsp3) is 0.400. The van der Waals surface area contributed by atoms with E-state index in [1.54, 1.807) is 13.8 Å². The van der Waals surface area contributed by atoms with Gasteiger partial charge in [0, 0.05) is 6.04 Å². The summed E-state index contributed by atoms with van der Waals surface area (Å²) in [5.74, 6) is -1.89. The summed E-state index contributed by atoms with van der Waals surface area (Å²) in [7, 11) is 0. The minimum atomic E-state index is -0.787. The molecule has 0 heterocycles. The molecule has 0 radical (unpaired) electrons. The lowest BCUT2D eigenvalue weighted by Crippen LogP contribution is -2.18. The SMILES string of the molecule is Cc1cc(CC(C)N)c(F)c(O)c1O. The van der Waals surface area contributed by atoms with Crippen molar-refractivity contribution in [1.82, 2.24) is 0 Å². The summed E-state index contributed by atoms with van der Waals surface area (Å²) in [6.07, 6.45) is 0.334. The Morgan fingerprint density at radius 3 is 2.50 bits per heavy atom. The highest BCUT2D eigenvalue weighted by molar-refractivity contribution is 5.48. The summed E-state index contributed by atoms with van der Waals surface area (Å²) in [6, 6.07) is 1.31. The summed E-state index contributed by atoms with van der Waals surface area (Å²) < 4.78 is 13.3. The van der Waals surface area contributed by atoms with Gasteiger partial charge in [0.05, 0.1) is 0 Å². The van der Waals surface area contributed by atoms with Crippen molar-refractivity contribution in [2.24, 2.45) is 5.73 Å². The third-order valence-corrected chi connectivity index (χ3v) is 2.02. The van der Waals surface area contributed by atoms with Gasteiger partial charge in [-0.2, -0.15) is 0 Å². The molecular formula is C10H14FNO2. The lowest BCUT2D eigenvalue weighted by atomic mass is 10.0. The van der Waals surface area contributed by atoms with Crippen LogP contribution in [0.3, 0.4) is 0 Å². The van der Waals surface area contributed by atoms with Gasteiger partial charge in [0.1, 0.15) is 0 Å². The van der Waals surface area contributed by atoms with Crippen molar-refractivity contribution in [3.63, 3.8) is 0 Å². The number of aryl methyl sites for hydroxylation is 1. The van der Waals surface area contributed by atoms with Gasteiger partial charge in [-0.25, -0.2) is 4.39 Å². The first-order valence-electron chi connectivity index (χ1n) is 4.39. The highest BCUT2D eigenvalue weighted by Gasteiger charge is 2.15. The third-order valence-electron chi connectivity index (χ3n) is 2.02. The van der Waals surface area contributed by atoms with Crippen molar-refractivity contribution in [3.8, 4) is 11.5 Å². The van der Waals surface area contributed by atoms with E-state index in [2.05, 4.69) is 0 Å². The third kappa shape index (κ3) is 1.96. The van der Waals surface area contributed by atoms with E-state index in [1.165, 1.54) is 6.07 Å². The number of aromatic hydroxyl groups is 2. The highest BCUT2D eigenvalue weighted by atomic mass is 19.1. The van der Waals surface area contributed by atoms with E-state index in [4.69, 9.17) is 5.73 Å². The fourth-order valence-electron chi connectivity index (χ4n) is 1.33. The van der Waals surface area contributed by atoms with Crippen LogP contribution in [-0.2, 0) is 6.42 Å². The van der Waals surface area contributed by atoms with E-state index in [9.17, 15) is 14.6 Å². The maximum absolute atomic E-state index is 13.3. The number of nitrogens with two attached hydrogens (primary N) is 1. The fourth-order valence-corrected chi connectivity index (χ4v) is 1.33. The lowest BCUT2D eigenvalue weighted by Gasteiger charge is -2.10. The standard InChI is InChI=1S/C10H14FNO2/c1-5-3-7(4-6(2)12)8(11)10(14)9(5)13/h3,6,13-14H,4,12H2,1-2H3. The Kier molecular flexibility index (Phi) is 2.96. The van der Waals surface area contributed by atoms with Gasteiger partial charge in [-0.3, -0.25) is 0 Å². The maximum atomic E-state index is 13.3. The molecule has 3 nitrogen and oxygen atoms in total. The van der Waals surface area contributed by atoms with E-state index in [0.717, 1.165) is 0 Å². The predicted octanol–water partition coefficient (Wildman–Crippen LogP) is 1.44. The topological polar surface area (TPSA) is 66.5 Å². The Hall–Kier alpha value is -1.29. The predicted molar refractivity (Wildman–Crippen MR) is 51.8 cm³/mol. The van der Waals surface area contributed by atoms with Crippen molar-refractivity contribution in [1.29, 1.82) is 0 Å². The molecule has 1 unspecified atom stereocenters. The van der Waals surface area contributed by atoms with Gasteiger partial charge in [-0.05, 0) is 37.5 Å². The second kappa shape index (κ2) is 3.84. The zero-order chi connectivity index (χ0) is 10.9. The molecule has 0 amide bonds. The summed E-state index contributed by atoms with van der Waals surface area (Å²) in [6.45, 7) is 3.35. The molecular weight excluding hydrogens is 185 g/mol. The van der Waals surface area contributed by atoms with Gasteiger partial charge in [-0.15, -0.1) is 0 Å². The second-order valence-electron chi connectivity index (χ2n) is 3.55. The van der Waals surface area contributed by atoms with Crippen molar-refractivity contribution in [2.75, 3.05) is 0 Å². The van der Waals surface area contributed by atoms with Gasteiger partial charge in [0.2, 0.25) is 0 Å². The quantitative estimate of drug-likeness (QED) is 0.631. The number of phenols is 2. The van der Waals surface area contributed by atoms with Crippen LogP contribution in [0.15, 0.2) is 6.07 Å². The van der Waals surface area contributed by atoms with Crippen LogP contribution in [0.5, 0.6) is 11.5 Å². The monoisotopic (exact) mass is 199 g/mol. The average molecular weight is 199 g/mol. The number of phenolic OH excluding ortho intramolecular Hbond substituents is 2. The van der Waals surface area contributed by atoms with Crippen molar-refractivity contribution in [2.45, 2.75) is 26.3 Å². The summed E-state index contributed by atoms with van der Waals surface area (Å²) in [5.41, 5.74) is 6.29. The van der Waals surface area contributed by atoms with Crippen molar-refractivity contribution < 1.29 is 14.6 Å². The van der Waals surface area contributed by atoms with Crippen LogP contribution in [-0.4, -0.2) is 16.3 Å². The van der Waals surface area contributed by atoms with Crippen LogP contribution in [0, 0.1) is 12.7 Å². The Balaban J connectivity index is 3.19. The summed E-state index contributed by atoms with van der Waals surface area (Å²) in [4.78, 5) is 0. The first-order valence-corrected chi connectivity index (χ1v) is 4.39. The normalized spacial score (nSPS) is 12.9. The van der Waals surface area contributed by atoms with E-state index in [1.807, 2.05) is 0 Å². The Bertz CT molecular complexity index is 350. The highest BCUT2D eigenvalue weighted by Crippen LogP contribution is 2.33. The smallest absolute Gasteiger partial charge is 0.194 e. The Labute approximate surface area is 82.0 Å². The van der Waals surface area contributed by atoms with Crippen LogP contribution < -0.4 is 5.73 Å². The van der Waals surface area contributed by atoms with Crippen LogP contribution in [0.1, 0.15) is 18.1 Å². The number of hydrogen-bond acceptors (Lipinski definition) is 3. The Morgan fingerprint density at radius 2 is 2.00 bits per heavy atom. The second-order valence-corrected chi connectivity index (χ2v) is 3.55. The number of benzene rings is 1. The molecule has 0 aromatic heterocycles. The van der Waals surface area contributed by atoms with E-state index >= 15 is 0 Å². The summed E-state index contributed by atoms with van der Waals surface area (Å²) in [5, 5.41) is 18.4. The molecule has 0 saturated heterocycles. The van der Waals surface area contributed by atoms with Crippen molar-refractivity contribution >= 4 is 0 Å². The number of rotatable bonds is 2.